The van der Waals surface area contributed by atoms with Crippen molar-refractivity contribution in [2.45, 2.75) is 25.6 Å². The van der Waals surface area contributed by atoms with Crippen LogP contribution < -0.4 is 10.1 Å². The normalized spacial score (nSPS) is 12.5. The molecule has 0 bridgehead atoms. The molecule has 1 N–H and O–H groups in total. The first-order valence-electron chi connectivity index (χ1n) is 7.32. The number of hydrogen-bond donors (Lipinski definition) is 1. The number of ether oxygens (including phenoxy) is 1. The predicted octanol–water partition coefficient (Wildman–Crippen LogP) is 3.44. The number of pyridine rings is 1. The van der Waals surface area contributed by atoms with Crippen LogP contribution in [0.4, 0.5) is 13.2 Å². The van der Waals surface area contributed by atoms with Gasteiger partial charge in [-0.05, 0) is 36.8 Å². The molecule has 1 aromatic carbocycles. The zero-order valence-electron chi connectivity index (χ0n) is 13.0. The lowest BCUT2D eigenvalue weighted by atomic mass is 10.1. The van der Waals surface area contributed by atoms with Crippen LogP contribution in [0.5, 0.6) is 5.75 Å². The van der Waals surface area contributed by atoms with Crippen molar-refractivity contribution < 1.29 is 22.7 Å². The number of nitrogens with one attached hydrogen (secondary N) is 1. The average molecular weight is 338 g/mol. The summed E-state index contributed by atoms with van der Waals surface area (Å²) in [4.78, 5) is 16.2. The van der Waals surface area contributed by atoms with Crippen LogP contribution in [0.3, 0.4) is 0 Å². The van der Waals surface area contributed by atoms with Gasteiger partial charge in [-0.2, -0.15) is 13.2 Å². The molecule has 0 fully saturated rings. The van der Waals surface area contributed by atoms with Gasteiger partial charge in [0.05, 0.1) is 18.2 Å². The minimum absolute atomic E-state index is 0.0421. The minimum Gasteiger partial charge on any atom is -0.484 e. The van der Waals surface area contributed by atoms with Crippen LogP contribution in [0.15, 0.2) is 48.7 Å². The van der Waals surface area contributed by atoms with Crippen molar-refractivity contribution in [3.05, 3.63) is 59.9 Å². The first kappa shape index (κ1) is 17.8. The molecular formula is C17H17F3N2O2. The van der Waals surface area contributed by atoms with E-state index in [2.05, 4.69) is 15.0 Å². The molecule has 0 spiro atoms. The van der Waals surface area contributed by atoms with Gasteiger partial charge in [-0.25, -0.2) is 0 Å². The van der Waals surface area contributed by atoms with Gasteiger partial charge >= 0.3 is 6.18 Å². The van der Waals surface area contributed by atoms with Gasteiger partial charge in [0.1, 0.15) is 5.75 Å². The Labute approximate surface area is 137 Å². The van der Waals surface area contributed by atoms with Crippen molar-refractivity contribution in [2.24, 2.45) is 0 Å². The van der Waals surface area contributed by atoms with Crippen LogP contribution in [-0.4, -0.2) is 23.7 Å². The Morgan fingerprint density at radius 2 is 2.04 bits per heavy atom. The summed E-state index contributed by atoms with van der Waals surface area (Å²) in [5.41, 5.74) is 1.30. The Morgan fingerprint density at radius 1 is 1.25 bits per heavy atom. The topological polar surface area (TPSA) is 51.2 Å². The number of benzene rings is 1. The van der Waals surface area contributed by atoms with Crippen molar-refractivity contribution in [3.8, 4) is 5.75 Å². The van der Waals surface area contributed by atoms with Crippen molar-refractivity contribution in [1.29, 1.82) is 0 Å². The fraction of sp³-hybridized carbons (Fsp3) is 0.294. The van der Waals surface area contributed by atoms with E-state index in [-0.39, 0.29) is 24.1 Å². The summed E-state index contributed by atoms with van der Waals surface area (Å²) in [5.74, 6) is -0.170. The van der Waals surface area contributed by atoms with E-state index in [0.29, 0.717) is 5.56 Å². The van der Waals surface area contributed by atoms with E-state index in [9.17, 15) is 18.0 Å². The molecule has 2 aromatic rings. The first-order valence-corrected chi connectivity index (χ1v) is 7.32. The third-order valence-corrected chi connectivity index (χ3v) is 3.17. The van der Waals surface area contributed by atoms with Gasteiger partial charge in [-0.1, -0.05) is 18.2 Å². The van der Waals surface area contributed by atoms with Gasteiger partial charge in [0.15, 0.2) is 6.61 Å². The second-order valence-electron chi connectivity index (χ2n) is 5.27. The predicted molar refractivity (Wildman–Crippen MR) is 82.5 cm³/mol. The molecule has 0 aliphatic rings. The molecule has 0 radical (unpaired) electrons. The van der Waals surface area contributed by atoms with E-state index in [1.165, 1.54) is 12.1 Å². The highest BCUT2D eigenvalue weighted by molar-refractivity contribution is 5.79. The molecule has 0 saturated carbocycles. The third kappa shape index (κ3) is 5.91. The number of hydrogen-bond acceptors (Lipinski definition) is 3. The lowest BCUT2D eigenvalue weighted by molar-refractivity contribution is -0.153. The van der Waals surface area contributed by atoms with Crippen molar-refractivity contribution in [2.75, 3.05) is 6.61 Å². The molecule has 7 heteroatoms. The number of rotatable bonds is 6. The monoisotopic (exact) mass is 338 g/mol. The van der Waals surface area contributed by atoms with Crippen LogP contribution in [0.25, 0.3) is 0 Å². The molecule has 0 aliphatic carbocycles. The number of carbonyl (C=O) groups excluding carboxylic acids is 1. The van der Waals surface area contributed by atoms with Crippen molar-refractivity contribution in [1.82, 2.24) is 10.3 Å². The Kier molecular flexibility index (Phi) is 5.78. The number of amides is 1. The molecule has 128 valence electrons. The summed E-state index contributed by atoms with van der Waals surface area (Å²) in [5, 5.41) is 2.80. The molecule has 1 aromatic heterocycles. The summed E-state index contributed by atoms with van der Waals surface area (Å²) >= 11 is 0. The van der Waals surface area contributed by atoms with Crippen LogP contribution in [0, 0.1) is 0 Å². The smallest absolute Gasteiger partial charge is 0.422 e. The van der Waals surface area contributed by atoms with E-state index in [0.717, 1.165) is 5.69 Å². The number of carbonyl (C=O) groups is 1. The Balaban J connectivity index is 1.92. The molecule has 0 saturated heterocycles. The Bertz CT molecular complexity index is 675. The van der Waals surface area contributed by atoms with E-state index < -0.39 is 12.8 Å². The summed E-state index contributed by atoms with van der Waals surface area (Å²) in [6.45, 7) is 0.447. The number of aromatic nitrogens is 1. The molecule has 0 unspecified atom stereocenters. The first-order chi connectivity index (χ1) is 11.3. The summed E-state index contributed by atoms with van der Waals surface area (Å²) < 4.78 is 41.2. The summed E-state index contributed by atoms with van der Waals surface area (Å²) in [6, 6.07) is 11.2. The Hall–Kier alpha value is -2.57. The average Bonchev–Trinajstić information content (AvgIpc) is 2.53. The molecule has 4 nitrogen and oxygen atoms in total. The van der Waals surface area contributed by atoms with Gasteiger partial charge in [0.2, 0.25) is 5.91 Å². The SMILES string of the molecule is C[C@H](NC(=O)Cc1cccc(OCC(F)(F)F)c1)c1ccccn1. The van der Waals surface area contributed by atoms with Crippen LogP contribution in [0.1, 0.15) is 24.2 Å². The summed E-state index contributed by atoms with van der Waals surface area (Å²) in [7, 11) is 0. The number of nitrogens with zero attached hydrogens (tertiary/aromatic N) is 1. The van der Waals surface area contributed by atoms with Crippen molar-refractivity contribution in [3.63, 3.8) is 0 Å². The van der Waals surface area contributed by atoms with Gasteiger partial charge in [-0.3, -0.25) is 9.78 Å². The van der Waals surface area contributed by atoms with Gasteiger partial charge in [0, 0.05) is 6.20 Å². The fourth-order valence-electron chi connectivity index (χ4n) is 2.09. The largest absolute Gasteiger partial charge is 0.484 e. The van der Waals surface area contributed by atoms with Crippen LogP contribution in [-0.2, 0) is 11.2 Å². The highest BCUT2D eigenvalue weighted by Crippen LogP contribution is 2.19. The van der Waals surface area contributed by atoms with E-state index in [4.69, 9.17) is 0 Å². The Morgan fingerprint density at radius 3 is 2.71 bits per heavy atom. The van der Waals surface area contributed by atoms with Gasteiger partial charge in [0.25, 0.3) is 0 Å². The maximum absolute atomic E-state index is 12.2. The molecule has 24 heavy (non-hydrogen) atoms. The molecular weight excluding hydrogens is 321 g/mol. The maximum atomic E-state index is 12.2. The highest BCUT2D eigenvalue weighted by Gasteiger charge is 2.28. The van der Waals surface area contributed by atoms with E-state index in [1.54, 1.807) is 30.5 Å². The number of alkyl halides is 3. The lowest BCUT2D eigenvalue weighted by Crippen LogP contribution is -2.28. The maximum Gasteiger partial charge on any atom is 0.422 e. The third-order valence-electron chi connectivity index (χ3n) is 3.17. The quantitative estimate of drug-likeness (QED) is 0.878. The van der Waals surface area contributed by atoms with Crippen LogP contribution in [0.2, 0.25) is 0 Å². The highest BCUT2D eigenvalue weighted by atomic mass is 19.4. The van der Waals surface area contributed by atoms with E-state index >= 15 is 0 Å². The minimum atomic E-state index is -4.40. The molecule has 2 rings (SSSR count). The fourth-order valence-corrected chi connectivity index (χ4v) is 2.09. The van der Waals surface area contributed by atoms with Gasteiger partial charge < -0.3 is 10.1 Å². The van der Waals surface area contributed by atoms with Crippen molar-refractivity contribution >= 4 is 5.91 Å². The zero-order valence-corrected chi connectivity index (χ0v) is 13.0. The number of halogens is 3. The van der Waals surface area contributed by atoms with Gasteiger partial charge in [-0.15, -0.1) is 0 Å². The molecule has 1 amide bonds. The molecule has 1 heterocycles. The second kappa shape index (κ2) is 7.81. The zero-order chi connectivity index (χ0) is 17.6. The standard InChI is InChI=1S/C17H17F3N2O2/c1-12(15-7-2-3-8-21-15)22-16(23)10-13-5-4-6-14(9-13)24-11-17(18,19)20/h2-9,12H,10-11H2,1H3,(H,22,23)/t12-/m0/s1. The lowest BCUT2D eigenvalue weighted by Gasteiger charge is -2.14. The van der Waals surface area contributed by atoms with Crippen LogP contribution >= 0.6 is 0 Å². The molecule has 0 aliphatic heterocycles. The summed E-state index contributed by atoms with van der Waals surface area (Å²) in [6.07, 6.45) is -2.72. The second-order valence-corrected chi connectivity index (χ2v) is 5.27. The van der Waals surface area contributed by atoms with E-state index in [1.807, 2.05) is 13.0 Å². The molecule has 1 atom stereocenters.